The molecule has 1 aliphatic heterocycles. The van der Waals surface area contributed by atoms with Gasteiger partial charge in [0.25, 0.3) is 0 Å². The first kappa shape index (κ1) is 18.8. The van der Waals surface area contributed by atoms with E-state index < -0.39 is 0 Å². The van der Waals surface area contributed by atoms with Crippen molar-refractivity contribution in [1.82, 2.24) is 30.0 Å². The van der Waals surface area contributed by atoms with E-state index in [1.54, 1.807) is 0 Å². The molecule has 0 radical (unpaired) electrons. The van der Waals surface area contributed by atoms with Gasteiger partial charge in [0.1, 0.15) is 0 Å². The highest BCUT2D eigenvalue weighted by Crippen LogP contribution is 2.31. The number of tetrazole rings is 1. The van der Waals surface area contributed by atoms with Crippen LogP contribution in [0.4, 0.5) is 0 Å². The molecule has 1 aromatic rings. The number of rotatable bonds is 5. The fourth-order valence-corrected chi connectivity index (χ4v) is 4.43. The molecule has 0 N–H and O–H groups in total. The first-order chi connectivity index (χ1) is 11.9. The Morgan fingerprint density at radius 3 is 2.24 bits per heavy atom. The number of aromatic nitrogens is 4. The average Bonchev–Trinajstić information content (AvgIpc) is 3.23. The molecule has 0 amide bonds. The molecule has 1 saturated carbocycles. The van der Waals surface area contributed by atoms with E-state index in [1.807, 2.05) is 4.68 Å². The standard InChI is InChI=1S/C19H36N6/c1-15(2)14-17(18-20-21-22-25(18)19(3,4)5)24-12-10-23(11-13-24)16-8-6-7-9-16/h15-17H,6-14H2,1-5H3/t17-/m1/s1. The van der Waals surface area contributed by atoms with Crippen LogP contribution in [0.1, 0.15) is 78.6 Å². The van der Waals surface area contributed by atoms with Crippen LogP contribution < -0.4 is 0 Å². The van der Waals surface area contributed by atoms with E-state index in [0.717, 1.165) is 31.4 Å². The van der Waals surface area contributed by atoms with Crippen LogP contribution in [0.25, 0.3) is 0 Å². The third kappa shape index (κ3) is 4.40. The molecule has 2 fully saturated rings. The third-order valence-electron chi connectivity index (χ3n) is 5.75. The minimum absolute atomic E-state index is 0.0836. The number of hydrogen-bond donors (Lipinski definition) is 0. The summed E-state index contributed by atoms with van der Waals surface area (Å²) in [5, 5.41) is 12.8. The summed E-state index contributed by atoms with van der Waals surface area (Å²) in [5.41, 5.74) is -0.0836. The smallest absolute Gasteiger partial charge is 0.168 e. The second kappa shape index (κ2) is 7.70. The summed E-state index contributed by atoms with van der Waals surface area (Å²) in [4.78, 5) is 5.35. The van der Waals surface area contributed by atoms with E-state index in [2.05, 4.69) is 59.9 Å². The highest BCUT2D eigenvalue weighted by atomic mass is 15.6. The summed E-state index contributed by atoms with van der Waals surface area (Å²) in [5.74, 6) is 1.67. The van der Waals surface area contributed by atoms with Crippen molar-refractivity contribution in [2.45, 2.75) is 84.3 Å². The molecule has 1 aliphatic carbocycles. The van der Waals surface area contributed by atoms with E-state index in [9.17, 15) is 0 Å². The van der Waals surface area contributed by atoms with Crippen molar-refractivity contribution < 1.29 is 0 Å². The molecule has 0 unspecified atom stereocenters. The average molecular weight is 349 g/mol. The topological polar surface area (TPSA) is 50.1 Å². The highest BCUT2D eigenvalue weighted by Gasteiger charge is 2.34. The fourth-order valence-electron chi connectivity index (χ4n) is 4.43. The predicted molar refractivity (Wildman–Crippen MR) is 100 cm³/mol. The molecule has 0 spiro atoms. The van der Waals surface area contributed by atoms with Crippen molar-refractivity contribution in [3.05, 3.63) is 5.82 Å². The Morgan fingerprint density at radius 2 is 1.68 bits per heavy atom. The molecule has 0 bridgehead atoms. The van der Waals surface area contributed by atoms with Gasteiger partial charge in [-0.05, 0) is 56.4 Å². The number of hydrogen-bond acceptors (Lipinski definition) is 5. The van der Waals surface area contributed by atoms with E-state index >= 15 is 0 Å². The maximum atomic E-state index is 4.45. The molecule has 1 aromatic heterocycles. The van der Waals surface area contributed by atoms with E-state index in [1.165, 1.54) is 38.8 Å². The first-order valence-corrected chi connectivity index (χ1v) is 10.1. The van der Waals surface area contributed by atoms with Gasteiger partial charge in [-0.2, -0.15) is 0 Å². The lowest BCUT2D eigenvalue weighted by molar-refractivity contribution is 0.0569. The van der Waals surface area contributed by atoms with E-state index in [-0.39, 0.29) is 5.54 Å². The molecule has 6 heteroatoms. The van der Waals surface area contributed by atoms with E-state index in [4.69, 9.17) is 0 Å². The van der Waals surface area contributed by atoms with Crippen LogP contribution in [0, 0.1) is 5.92 Å². The maximum Gasteiger partial charge on any atom is 0.168 e. The summed E-state index contributed by atoms with van der Waals surface area (Å²) in [7, 11) is 0. The molecule has 1 atom stereocenters. The molecule has 25 heavy (non-hydrogen) atoms. The highest BCUT2D eigenvalue weighted by molar-refractivity contribution is 4.99. The van der Waals surface area contributed by atoms with Crippen LogP contribution in [-0.4, -0.2) is 62.2 Å². The second-order valence-corrected chi connectivity index (χ2v) is 9.28. The van der Waals surface area contributed by atoms with Crippen LogP contribution in [0.5, 0.6) is 0 Å². The summed E-state index contributed by atoms with van der Waals surface area (Å²) >= 11 is 0. The normalized spacial score (nSPS) is 22.8. The monoisotopic (exact) mass is 348 g/mol. The summed E-state index contributed by atoms with van der Waals surface area (Å²) < 4.78 is 2.03. The molecule has 142 valence electrons. The van der Waals surface area contributed by atoms with Gasteiger partial charge in [0.05, 0.1) is 11.6 Å². The van der Waals surface area contributed by atoms with Gasteiger partial charge >= 0.3 is 0 Å². The minimum atomic E-state index is -0.0836. The fraction of sp³-hybridized carbons (Fsp3) is 0.947. The molecule has 2 heterocycles. The zero-order valence-corrected chi connectivity index (χ0v) is 16.8. The van der Waals surface area contributed by atoms with Crippen LogP contribution >= 0.6 is 0 Å². The summed E-state index contributed by atoms with van der Waals surface area (Å²) in [6.45, 7) is 15.8. The largest absolute Gasteiger partial charge is 0.298 e. The lowest BCUT2D eigenvalue weighted by Gasteiger charge is -2.42. The van der Waals surface area contributed by atoms with Crippen molar-refractivity contribution in [1.29, 1.82) is 0 Å². The summed E-state index contributed by atoms with van der Waals surface area (Å²) in [6, 6.07) is 1.16. The van der Waals surface area contributed by atoms with Gasteiger partial charge in [-0.15, -0.1) is 5.10 Å². The van der Waals surface area contributed by atoms with Gasteiger partial charge in [-0.3, -0.25) is 9.80 Å². The van der Waals surface area contributed by atoms with Gasteiger partial charge in [-0.25, -0.2) is 4.68 Å². The lowest BCUT2D eigenvalue weighted by Crippen LogP contribution is -2.51. The van der Waals surface area contributed by atoms with Crippen molar-refractivity contribution in [2.75, 3.05) is 26.2 Å². The SMILES string of the molecule is CC(C)C[C@H](c1nnnn1C(C)(C)C)N1CCN(C2CCCC2)CC1. The van der Waals surface area contributed by atoms with Gasteiger partial charge < -0.3 is 0 Å². The quantitative estimate of drug-likeness (QED) is 0.818. The van der Waals surface area contributed by atoms with Crippen LogP contribution in [0.2, 0.25) is 0 Å². The van der Waals surface area contributed by atoms with Gasteiger partial charge in [0.15, 0.2) is 5.82 Å². The first-order valence-electron chi connectivity index (χ1n) is 10.1. The Morgan fingerprint density at radius 1 is 1.04 bits per heavy atom. The van der Waals surface area contributed by atoms with Crippen LogP contribution in [0.3, 0.4) is 0 Å². The molecule has 1 saturated heterocycles. The lowest BCUT2D eigenvalue weighted by atomic mass is 9.99. The number of piperazine rings is 1. The summed E-state index contributed by atoms with van der Waals surface area (Å²) in [6.07, 6.45) is 6.75. The van der Waals surface area contributed by atoms with Gasteiger partial charge in [-0.1, -0.05) is 26.7 Å². The predicted octanol–water partition coefficient (Wildman–Crippen LogP) is 3.08. The maximum absolute atomic E-state index is 4.45. The van der Waals surface area contributed by atoms with Gasteiger partial charge in [0, 0.05) is 32.2 Å². The van der Waals surface area contributed by atoms with Crippen LogP contribution in [-0.2, 0) is 5.54 Å². The second-order valence-electron chi connectivity index (χ2n) is 9.28. The Labute approximate surface area is 152 Å². The molecule has 6 nitrogen and oxygen atoms in total. The molecule has 3 rings (SSSR count). The van der Waals surface area contributed by atoms with Crippen molar-refractivity contribution in [3.63, 3.8) is 0 Å². The van der Waals surface area contributed by atoms with Crippen LogP contribution in [0.15, 0.2) is 0 Å². The molecular formula is C19H36N6. The van der Waals surface area contributed by atoms with Gasteiger partial charge in [0.2, 0.25) is 0 Å². The number of nitrogens with zero attached hydrogens (tertiary/aromatic N) is 6. The Kier molecular flexibility index (Phi) is 5.78. The molecular weight excluding hydrogens is 312 g/mol. The minimum Gasteiger partial charge on any atom is -0.298 e. The van der Waals surface area contributed by atoms with Crippen molar-refractivity contribution >= 4 is 0 Å². The molecule has 2 aliphatic rings. The Balaban J connectivity index is 1.73. The Bertz CT molecular complexity index is 532. The third-order valence-corrected chi connectivity index (χ3v) is 5.75. The zero-order chi connectivity index (χ0) is 18.0. The Hall–Kier alpha value is -1.01. The molecule has 0 aromatic carbocycles. The van der Waals surface area contributed by atoms with Crippen molar-refractivity contribution in [2.24, 2.45) is 5.92 Å². The van der Waals surface area contributed by atoms with Crippen molar-refractivity contribution in [3.8, 4) is 0 Å². The van der Waals surface area contributed by atoms with E-state index in [0.29, 0.717) is 12.0 Å². The zero-order valence-electron chi connectivity index (χ0n) is 16.8.